The molecule has 2 aliphatic rings. The smallest absolute Gasteiger partial charge is 0.106 e. The number of pyridine rings is 1. The summed E-state index contributed by atoms with van der Waals surface area (Å²) in [6.45, 7) is 3.82. The van der Waals surface area contributed by atoms with Crippen LogP contribution in [0.15, 0.2) is 22.9 Å². The highest BCUT2D eigenvalue weighted by Gasteiger charge is 2.42. The molecule has 0 saturated carbocycles. The van der Waals surface area contributed by atoms with Crippen LogP contribution in [0.4, 0.5) is 0 Å². The number of aromatic nitrogens is 1. The van der Waals surface area contributed by atoms with Crippen LogP contribution in [-0.4, -0.2) is 29.5 Å². The monoisotopic (exact) mass is 266 g/mol. The number of nitrogens with zero attached hydrogens (tertiary/aromatic N) is 2. The number of fused-ring (bicyclic) bond motifs is 2. The molecule has 3 heteroatoms. The second kappa shape index (κ2) is 3.56. The molecule has 0 spiro atoms. The molecule has 3 heterocycles. The molecule has 1 aromatic rings. The summed E-state index contributed by atoms with van der Waals surface area (Å²) >= 11 is 3.40. The highest BCUT2D eigenvalue weighted by atomic mass is 79.9. The van der Waals surface area contributed by atoms with Crippen molar-refractivity contribution in [3.8, 4) is 0 Å². The van der Waals surface area contributed by atoms with E-state index in [4.69, 9.17) is 0 Å². The van der Waals surface area contributed by atoms with Gasteiger partial charge >= 0.3 is 0 Å². The van der Waals surface area contributed by atoms with Crippen LogP contribution < -0.4 is 0 Å². The number of hydrogen-bond acceptors (Lipinski definition) is 2. The first-order chi connectivity index (χ1) is 7.28. The second-order valence-corrected chi connectivity index (χ2v) is 5.59. The summed E-state index contributed by atoms with van der Waals surface area (Å²) in [6, 6.07) is 4.31. The van der Waals surface area contributed by atoms with Gasteiger partial charge in [0.2, 0.25) is 0 Å². The van der Waals surface area contributed by atoms with E-state index in [1.807, 2.05) is 0 Å². The van der Waals surface area contributed by atoms with Gasteiger partial charge in [0, 0.05) is 18.2 Å². The van der Waals surface area contributed by atoms with Crippen molar-refractivity contribution in [2.24, 2.45) is 0 Å². The lowest BCUT2D eigenvalue weighted by Gasteiger charge is -2.34. The largest absolute Gasteiger partial charge is 0.302 e. The van der Waals surface area contributed by atoms with E-state index < -0.39 is 0 Å². The summed E-state index contributed by atoms with van der Waals surface area (Å²) in [5.41, 5.74) is 1.86. The van der Waals surface area contributed by atoms with Crippen molar-refractivity contribution >= 4 is 15.9 Å². The van der Waals surface area contributed by atoms with E-state index in [2.05, 4.69) is 44.1 Å². The van der Waals surface area contributed by atoms with E-state index in [9.17, 15) is 0 Å². The quantitative estimate of drug-likeness (QED) is 0.727. The van der Waals surface area contributed by atoms with E-state index in [0.717, 1.165) is 4.60 Å². The Morgan fingerprint density at radius 1 is 1.27 bits per heavy atom. The standard InChI is InChI=1S/C12H15BrN2/c13-11-3-2-10(8-14-11)12-4-1-6-15(9-12)7-5-12/h2-3,8H,1,4-7,9H2. The third-order valence-corrected chi connectivity index (χ3v) is 4.37. The topological polar surface area (TPSA) is 16.1 Å². The summed E-state index contributed by atoms with van der Waals surface area (Å²) in [7, 11) is 0. The third-order valence-electron chi connectivity index (χ3n) is 3.90. The summed E-state index contributed by atoms with van der Waals surface area (Å²) < 4.78 is 0.938. The predicted octanol–water partition coefficient (Wildman–Crippen LogP) is 2.58. The fraction of sp³-hybridized carbons (Fsp3) is 0.583. The van der Waals surface area contributed by atoms with E-state index in [-0.39, 0.29) is 0 Å². The van der Waals surface area contributed by atoms with Gasteiger partial charge in [0.15, 0.2) is 0 Å². The molecule has 2 nitrogen and oxygen atoms in total. The minimum atomic E-state index is 0.423. The molecule has 15 heavy (non-hydrogen) atoms. The molecule has 0 radical (unpaired) electrons. The fourth-order valence-electron chi connectivity index (χ4n) is 3.06. The van der Waals surface area contributed by atoms with Gasteiger partial charge in [0.05, 0.1) is 0 Å². The Morgan fingerprint density at radius 3 is 3.00 bits per heavy atom. The van der Waals surface area contributed by atoms with E-state index in [1.165, 1.54) is 44.5 Å². The van der Waals surface area contributed by atoms with Crippen molar-refractivity contribution < 1.29 is 0 Å². The van der Waals surface area contributed by atoms with Crippen molar-refractivity contribution in [2.45, 2.75) is 24.7 Å². The summed E-state index contributed by atoms with van der Waals surface area (Å²) in [4.78, 5) is 6.95. The molecule has 0 aliphatic carbocycles. The molecule has 2 unspecified atom stereocenters. The minimum absolute atomic E-state index is 0.423. The van der Waals surface area contributed by atoms with Gasteiger partial charge in [-0.1, -0.05) is 6.07 Å². The molecule has 2 aliphatic heterocycles. The highest BCUT2D eigenvalue weighted by Crippen LogP contribution is 2.41. The molecule has 3 rings (SSSR count). The van der Waals surface area contributed by atoms with Gasteiger partial charge in [-0.2, -0.15) is 0 Å². The molecule has 80 valence electrons. The average molecular weight is 267 g/mol. The average Bonchev–Trinajstić information content (AvgIpc) is 2.56. The Balaban J connectivity index is 1.95. The second-order valence-electron chi connectivity index (χ2n) is 4.78. The maximum Gasteiger partial charge on any atom is 0.106 e. The molecule has 0 N–H and O–H groups in total. The van der Waals surface area contributed by atoms with Crippen LogP contribution in [0.1, 0.15) is 24.8 Å². The van der Waals surface area contributed by atoms with Crippen molar-refractivity contribution in [1.29, 1.82) is 0 Å². The highest BCUT2D eigenvalue weighted by molar-refractivity contribution is 9.10. The van der Waals surface area contributed by atoms with E-state index in [0.29, 0.717) is 5.41 Å². The number of piperidine rings is 1. The van der Waals surface area contributed by atoms with Crippen molar-refractivity contribution in [3.63, 3.8) is 0 Å². The van der Waals surface area contributed by atoms with E-state index >= 15 is 0 Å². The maximum atomic E-state index is 4.36. The maximum absolute atomic E-state index is 4.36. The lowest BCUT2D eigenvalue weighted by Crippen LogP contribution is -2.36. The van der Waals surface area contributed by atoms with Crippen LogP contribution in [0.25, 0.3) is 0 Å². The first kappa shape index (κ1) is 9.79. The predicted molar refractivity (Wildman–Crippen MR) is 63.9 cm³/mol. The van der Waals surface area contributed by atoms with Crippen LogP contribution in [0.2, 0.25) is 0 Å². The molecule has 2 saturated heterocycles. The van der Waals surface area contributed by atoms with Gasteiger partial charge < -0.3 is 4.90 Å². The molecule has 0 aromatic carbocycles. The Hall–Kier alpha value is -0.410. The fourth-order valence-corrected chi connectivity index (χ4v) is 3.30. The van der Waals surface area contributed by atoms with Crippen LogP contribution in [0, 0.1) is 0 Å². The number of halogens is 1. The number of rotatable bonds is 1. The number of hydrogen-bond donors (Lipinski definition) is 0. The molecular formula is C12H15BrN2. The Bertz CT molecular complexity index is 358. The first-order valence-electron chi connectivity index (χ1n) is 5.63. The zero-order valence-corrected chi connectivity index (χ0v) is 10.3. The molecule has 1 aromatic heterocycles. The van der Waals surface area contributed by atoms with Gasteiger partial charge in [-0.25, -0.2) is 4.98 Å². The SMILES string of the molecule is Brc1ccc(C23CCCN(CC2)C3)cn1. The normalized spacial score (nSPS) is 34.3. The Kier molecular flexibility index (Phi) is 2.33. The van der Waals surface area contributed by atoms with Crippen molar-refractivity contribution in [3.05, 3.63) is 28.5 Å². The van der Waals surface area contributed by atoms with Gasteiger partial charge in [-0.3, -0.25) is 0 Å². The zero-order valence-electron chi connectivity index (χ0n) is 8.75. The molecule has 2 bridgehead atoms. The van der Waals surface area contributed by atoms with Crippen LogP contribution in [0.3, 0.4) is 0 Å². The minimum Gasteiger partial charge on any atom is -0.302 e. The molecule has 2 fully saturated rings. The van der Waals surface area contributed by atoms with Gasteiger partial charge in [-0.15, -0.1) is 0 Å². The summed E-state index contributed by atoms with van der Waals surface area (Å²) in [5, 5.41) is 0. The van der Waals surface area contributed by atoms with Crippen LogP contribution in [-0.2, 0) is 5.41 Å². The first-order valence-corrected chi connectivity index (χ1v) is 6.42. The summed E-state index contributed by atoms with van der Waals surface area (Å²) in [5.74, 6) is 0. The van der Waals surface area contributed by atoms with E-state index in [1.54, 1.807) is 0 Å². The Morgan fingerprint density at radius 2 is 2.20 bits per heavy atom. The molecule has 0 amide bonds. The zero-order chi connectivity index (χ0) is 10.3. The van der Waals surface area contributed by atoms with Gasteiger partial charge in [0.1, 0.15) is 4.60 Å². The lowest BCUT2D eigenvalue weighted by molar-refractivity contribution is 0.243. The van der Waals surface area contributed by atoms with Gasteiger partial charge in [-0.05, 0) is 59.9 Å². The molecule has 2 atom stereocenters. The summed E-state index contributed by atoms with van der Waals surface area (Å²) in [6.07, 6.45) is 6.05. The van der Waals surface area contributed by atoms with Crippen LogP contribution in [0.5, 0.6) is 0 Å². The Labute approximate surface area is 98.8 Å². The van der Waals surface area contributed by atoms with Crippen molar-refractivity contribution in [2.75, 3.05) is 19.6 Å². The molecular weight excluding hydrogens is 252 g/mol. The van der Waals surface area contributed by atoms with Crippen molar-refractivity contribution in [1.82, 2.24) is 9.88 Å². The lowest BCUT2D eigenvalue weighted by atomic mass is 9.76. The van der Waals surface area contributed by atoms with Gasteiger partial charge in [0.25, 0.3) is 0 Å². The van der Waals surface area contributed by atoms with Crippen LogP contribution >= 0.6 is 15.9 Å². The third kappa shape index (κ3) is 1.62.